The van der Waals surface area contributed by atoms with Crippen LogP contribution >= 0.6 is 11.3 Å². The first-order chi connectivity index (χ1) is 13.6. The van der Waals surface area contributed by atoms with Crippen molar-refractivity contribution < 1.29 is 9.18 Å². The van der Waals surface area contributed by atoms with E-state index in [0.717, 1.165) is 23.4 Å². The molecule has 1 aromatic carbocycles. The monoisotopic (exact) mass is 397 g/mol. The van der Waals surface area contributed by atoms with E-state index in [1.165, 1.54) is 22.9 Å². The molecule has 3 heterocycles. The Kier molecular flexibility index (Phi) is 5.34. The number of carbonyl (C=O) groups is 1. The molecule has 1 aliphatic rings. The van der Waals surface area contributed by atoms with E-state index in [1.807, 2.05) is 17.5 Å². The van der Waals surface area contributed by atoms with Gasteiger partial charge in [-0.25, -0.2) is 9.07 Å². The molecule has 0 N–H and O–H groups in total. The Hall–Kier alpha value is -2.80. The molecular formula is C21H20FN3O2S. The van der Waals surface area contributed by atoms with Gasteiger partial charge in [0.25, 0.3) is 5.56 Å². The summed E-state index contributed by atoms with van der Waals surface area (Å²) < 4.78 is 14.9. The molecule has 1 amide bonds. The van der Waals surface area contributed by atoms with Gasteiger partial charge in [0.2, 0.25) is 5.91 Å². The largest absolute Gasteiger partial charge is 0.340 e. The van der Waals surface area contributed by atoms with Gasteiger partial charge in [0.05, 0.1) is 17.3 Å². The van der Waals surface area contributed by atoms with E-state index in [1.54, 1.807) is 34.4 Å². The van der Waals surface area contributed by atoms with Crippen molar-refractivity contribution in [2.24, 2.45) is 0 Å². The molecular weight excluding hydrogens is 377 g/mol. The summed E-state index contributed by atoms with van der Waals surface area (Å²) in [7, 11) is 0. The number of likely N-dealkylation sites (tertiary alicyclic amines) is 1. The van der Waals surface area contributed by atoms with Crippen LogP contribution in [0, 0.1) is 5.82 Å². The zero-order chi connectivity index (χ0) is 19.5. The maximum absolute atomic E-state index is 13.4. The molecule has 0 bridgehead atoms. The highest BCUT2D eigenvalue weighted by molar-refractivity contribution is 7.13. The molecule has 3 aromatic rings. The molecule has 144 valence electrons. The molecule has 1 unspecified atom stereocenters. The first kappa shape index (κ1) is 18.6. The Bertz CT molecular complexity index is 1030. The van der Waals surface area contributed by atoms with E-state index in [0.29, 0.717) is 18.7 Å². The lowest BCUT2D eigenvalue weighted by Gasteiger charge is -2.33. The van der Waals surface area contributed by atoms with Gasteiger partial charge in [-0.3, -0.25) is 9.59 Å². The van der Waals surface area contributed by atoms with Crippen LogP contribution in [0.5, 0.6) is 0 Å². The van der Waals surface area contributed by atoms with E-state index in [9.17, 15) is 14.0 Å². The summed E-state index contributed by atoms with van der Waals surface area (Å²) in [6.07, 6.45) is 1.75. The molecule has 1 aliphatic heterocycles. The fourth-order valence-corrected chi connectivity index (χ4v) is 4.25. The summed E-state index contributed by atoms with van der Waals surface area (Å²) in [4.78, 5) is 27.9. The number of hydrogen-bond acceptors (Lipinski definition) is 4. The van der Waals surface area contributed by atoms with Crippen molar-refractivity contribution >= 4 is 17.2 Å². The van der Waals surface area contributed by atoms with Gasteiger partial charge < -0.3 is 4.90 Å². The van der Waals surface area contributed by atoms with Crippen LogP contribution in [0.2, 0.25) is 0 Å². The molecule has 7 heteroatoms. The van der Waals surface area contributed by atoms with Crippen LogP contribution in [0.4, 0.5) is 4.39 Å². The summed E-state index contributed by atoms with van der Waals surface area (Å²) in [5.74, 6) is -0.402. The lowest BCUT2D eigenvalue weighted by Crippen LogP contribution is -2.44. The van der Waals surface area contributed by atoms with Crippen LogP contribution in [0.25, 0.3) is 10.6 Å². The highest BCUT2D eigenvalue weighted by Crippen LogP contribution is 2.24. The van der Waals surface area contributed by atoms with Crippen LogP contribution in [-0.2, 0) is 11.2 Å². The summed E-state index contributed by atoms with van der Waals surface area (Å²) in [5, 5.41) is 6.53. The molecule has 5 nitrogen and oxygen atoms in total. The molecule has 4 rings (SSSR count). The van der Waals surface area contributed by atoms with Crippen molar-refractivity contribution in [2.45, 2.75) is 25.3 Å². The fraction of sp³-hybridized carbons (Fsp3) is 0.286. The summed E-state index contributed by atoms with van der Waals surface area (Å²) in [6, 6.07) is 13.1. The Morgan fingerprint density at radius 1 is 1.21 bits per heavy atom. The van der Waals surface area contributed by atoms with Crippen LogP contribution in [0.3, 0.4) is 0 Å². The SMILES string of the molecule is O=C(Cc1cccc(F)c1)N1CCCC(n2nc(-c3cccs3)ccc2=O)C1. The number of rotatable bonds is 4. The fourth-order valence-electron chi connectivity index (χ4n) is 3.56. The van der Waals surface area contributed by atoms with Gasteiger partial charge in [-0.2, -0.15) is 5.10 Å². The first-order valence-electron chi connectivity index (χ1n) is 9.26. The van der Waals surface area contributed by atoms with E-state index >= 15 is 0 Å². The zero-order valence-corrected chi connectivity index (χ0v) is 16.1. The number of nitrogens with zero attached hydrogens (tertiary/aromatic N) is 3. The number of halogens is 1. The van der Waals surface area contributed by atoms with Crippen LogP contribution in [0.15, 0.2) is 58.7 Å². The van der Waals surface area contributed by atoms with Crippen molar-refractivity contribution in [3.63, 3.8) is 0 Å². The Morgan fingerprint density at radius 3 is 2.89 bits per heavy atom. The van der Waals surface area contributed by atoms with Gasteiger partial charge in [-0.1, -0.05) is 18.2 Å². The molecule has 0 radical (unpaired) electrons. The van der Waals surface area contributed by atoms with Crippen LogP contribution in [-0.4, -0.2) is 33.7 Å². The topological polar surface area (TPSA) is 55.2 Å². The predicted molar refractivity (Wildman–Crippen MR) is 107 cm³/mol. The minimum absolute atomic E-state index is 0.0576. The van der Waals surface area contributed by atoms with Gasteiger partial charge in [-0.15, -0.1) is 11.3 Å². The molecule has 0 saturated carbocycles. The van der Waals surface area contributed by atoms with E-state index in [2.05, 4.69) is 5.10 Å². The average molecular weight is 397 g/mol. The number of aromatic nitrogens is 2. The highest BCUT2D eigenvalue weighted by Gasteiger charge is 2.26. The number of amides is 1. The number of hydrogen-bond donors (Lipinski definition) is 0. The number of thiophene rings is 1. The Morgan fingerprint density at radius 2 is 2.11 bits per heavy atom. The number of piperidine rings is 1. The second-order valence-electron chi connectivity index (χ2n) is 6.92. The van der Waals surface area contributed by atoms with Crippen LogP contribution in [0.1, 0.15) is 24.4 Å². The second kappa shape index (κ2) is 8.06. The molecule has 1 fully saturated rings. The minimum Gasteiger partial charge on any atom is -0.340 e. The Balaban J connectivity index is 1.51. The molecule has 1 atom stereocenters. The first-order valence-corrected chi connectivity index (χ1v) is 10.1. The molecule has 28 heavy (non-hydrogen) atoms. The van der Waals surface area contributed by atoms with Gasteiger partial charge in [0.1, 0.15) is 11.5 Å². The number of carbonyl (C=O) groups excluding carboxylic acids is 1. The lowest BCUT2D eigenvalue weighted by molar-refractivity contribution is -0.132. The third-order valence-electron chi connectivity index (χ3n) is 4.94. The average Bonchev–Trinajstić information content (AvgIpc) is 3.23. The molecule has 0 aliphatic carbocycles. The van der Waals surface area contributed by atoms with Crippen molar-refractivity contribution in [3.8, 4) is 10.6 Å². The van der Waals surface area contributed by atoms with Gasteiger partial charge >= 0.3 is 0 Å². The van der Waals surface area contributed by atoms with E-state index in [4.69, 9.17) is 0 Å². The van der Waals surface area contributed by atoms with Gasteiger partial charge in [0.15, 0.2) is 0 Å². The third-order valence-corrected chi connectivity index (χ3v) is 5.83. The zero-order valence-electron chi connectivity index (χ0n) is 15.3. The normalized spacial score (nSPS) is 16.9. The van der Waals surface area contributed by atoms with Gasteiger partial charge in [-0.05, 0) is 48.1 Å². The molecule has 2 aromatic heterocycles. The molecule has 1 saturated heterocycles. The summed E-state index contributed by atoms with van der Waals surface area (Å²) in [6.45, 7) is 1.08. The Labute approximate surface area is 166 Å². The highest BCUT2D eigenvalue weighted by atomic mass is 32.1. The lowest BCUT2D eigenvalue weighted by atomic mass is 10.0. The van der Waals surface area contributed by atoms with E-state index < -0.39 is 0 Å². The predicted octanol–water partition coefficient (Wildman–Crippen LogP) is 3.52. The van der Waals surface area contributed by atoms with Gasteiger partial charge in [0, 0.05) is 19.2 Å². The minimum atomic E-state index is -0.344. The maximum atomic E-state index is 13.4. The summed E-state index contributed by atoms with van der Waals surface area (Å²) >= 11 is 1.57. The maximum Gasteiger partial charge on any atom is 0.267 e. The van der Waals surface area contributed by atoms with E-state index in [-0.39, 0.29) is 29.7 Å². The van der Waals surface area contributed by atoms with Crippen molar-refractivity contribution in [2.75, 3.05) is 13.1 Å². The number of benzene rings is 1. The van der Waals surface area contributed by atoms with Crippen molar-refractivity contribution in [1.29, 1.82) is 0 Å². The quantitative estimate of drug-likeness (QED) is 0.677. The molecule has 0 spiro atoms. The standard InChI is InChI=1S/C21H20FN3O2S/c22-16-5-1-4-15(12-16)13-21(27)24-10-2-6-17(14-24)25-20(26)9-8-18(23-25)19-7-3-11-28-19/h1,3-5,7-9,11-12,17H,2,6,10,13-14H2. The smallest absolute Gasteiger partial charge is 0.267 e. The van der Waals surface area contributed by atoms with Crippen molar-refractivity contribution in [1.82, 2.24) is 14.7 Å². The summed E-state index contributed by atoms with van der Waals surface area (Å²) in [5.41, 5.74) is 1.25. The van der Waals surface area contributed by atoms with Crippen LogP contribution < -0.4 is 5.56 Å². The van der Waals surface area contributed by atoms with Crippen molar-refractivity contribution in [3.05, 3.63) is 75.6 Å². The third kappa shape index (κ3) is 4.04. The second-order valence-corrected chi connectivity index (χ2v) is 7.87.